The second kappa shape index (κ2) is 6.82. The highest BCUT2D eigenvalue weighted by atomic mass is 32.2. The smallest absolute Gasteiger partial charge is 0.277 e. The number of hydrogen-bond donors (Lipinski definition) is 1. The number of H-pyrrole nitrogens is 1. The Labute approximate surface area is 177 Å². The highest BCUT2D eigenvalue weighted by Gasteiger charge is 2.27. The normalized spacial score (nSPS) is 12.2. The van der Waals surface area contributed by atoms with E-state index >= 15 is 0 Å². The molecule has 2 aromatic heterocycles. The van der Waals surface area contributed by atoms with Crippen LogP contribution in [0.25, 0.3) is 42.5 Å². The van der Waals surface area contributed by atoms with Gasteiger partial charge >= 0.3 is 0 Å². The third-order valence-electron chi connectivity index (χ3n) is 5.92. The van der Waals surface area contributed by atoms with Crippen molar-refractivity contribution in [1.29, 1.82) is 0 Å². The third kappa shape index (κ3) is 2.66. The van der Waals surface area contributed by atoms with E-state index in [4.69, 9.17) is 4.98 Å². The van der Waals surface area contributed by atoms with Crippen molar-refractivity contribution >= 4 is 42.4 Å². The first-order valence-electron chi connectivity index (χ1n) is 10.2. The Morgan fingerprint density at radius 1 is 0.767 bits per heavy atom. The maximum Gasteiger partial charge on any atom is 0.277 e. The van der Waals surface area contributed by atoms with E-state index in [1.54, 1.807) is 0 Å². The summed E-state index contributed by atoms with van der Waals surface area (Å²) in [6.45, 7) is 0. The number of hydrogen-bond acceptors (Lipinski definition) is 1. The second-order valence-electron chi connectivity index (χ2n) is 7.75. The summed E-state index contributed by atoms with van der Waals surface area (Å²) >= 11 is 0. The molecule has 0 aliphatic carbocycles. The van der Waals surface area contributed by atoms with Gasteiger partial charge in [0.05, 0.1) is 5.56 Å². The minimum absolute atomic E-state index is 0.0653. The van der Waals surface area contributed by atoms with Crippen molar-refractivity contribution in [3.05, 3.63) is 102 Å². The van der Waals surface area contributed by atoms with Gasteiger partial charge in [-0.1, -0.05) is 72.8 Å². The van der Waals surface area contributed by atoms with Crippen LogP contribution in [-0.2, 0) is 12.7 Å². The van der Waals surface area contributed by atoms with Crippen LogP contribution in [0.3, 0.4) is 0 Å². The van der Waals surface area contributed by atoms with Crippen LogP contribution in [0.4, 0.5) is 0 Å². The Hall–Kier alpha value is -3.43. The monoisotopic (exact) mass is 405 g/mol. The van der Waals surface area contributed by atoms with Crippen LogP contribution in [-0.4, -0.2) is 9.97 Å². The van der Waals surface area contributed by atoms with E-state index in [-0.39, 0.29) is 10.5 Å². The van der Waals surface area contributed by atoms with E-state index < -0.39 is 0 Å². The Balaban J connectivity index is 1.64. The van der Waals surface area contributed by atoms with E-state index in [0.717, 1.165) is 11.9 Å². The largest absolute Gasteiger partial charge is 0.357 e. The number of benzene rings is 4. The standard InChI is InChI=1S/C27H21N2S/c1-30-24-16-15-19-11-5-6-12-20(19)26(24)29-27(30)25-21-13-7-8-14-22(21)28-23(25)17-18-9-3-2-4-10-18/h2-16,28H,17H2,1H3/q+1. The molecule has 0 aliphatic heterocycles. The molecule has 0 saturated heterocycles. The number of nitrogens with zero attached hydrogens (tertiary/aromatic N) is 1. The molecular formula is C27H21N2S+. The SMILES string of the molecule is C[s+]1c(-c2c(Cc3ccccc3)[nH]c3ccccc23)nc2c3ccccc3ccc21. The van der Waals surface area contributed by atoms with Gasteiger partial charge in [0.15, 0.2) is 0 Å². The lowest BCUT2D eigenvalue weighted by Crippen LogP contribution is -1.91. The number of aryl methyl sites for hydroxylation is 1. The summed E-state index contributed by atoms with van der Waals surface area (Å²) in [6.07, 6.45) is 3.19. The molecule has 1 N–H and O–H groups in total. The number of nitrogens with one attached hydrogen (secondary N) is 1. The summed E-state index contributed by atoms with van der Waals surface area (Å²) in [5.74, 6) is 0. The minimum Gasteiger partial charge on any atom is -0.357 e. The minimum atomic E-state index is -0.0653. The summed E-state index contributed by atoms with van der Waals surface area (Å²) in [5, 5.41) is 4.96. The molecule has 0 amide bonds. The highest BCUT2D eigenvalue weighted by Crippen LogP contribution is 2.44. The average molecular weight is 406 g/mol. The molecule has 0 saturated carbocycles. The van der Waals surface area contributed by atoms with Gasteiger partial charge in [0.2, 0.25) is 4.70 Å². The summed E-state index contributed by atoms with van der Waals surface area (Å²) in [4.78, 5) is 8.96. The van der Waals surface area contributed by atoms with E-state index in [0.29, 0.717) is 0 Å². The van der Waals surface area contributed by atoms with E-state index in [9.17, 15) is 0 Å². The molecule has 0 aliphatic rings. The Bertz CT molecular complexity index is 1520. The fourth-order valence-corrected chi connectivity index (χ4v) is 6.15. The zero-order valence-electron chi connectivity index (χ0n) is 16.7. The van der Waals surface area contributed by atoms with Gasteiger partial charge in [-0.25, -0.2) is 0 Å². The van der Waals surface area contributed by atoms with E-state index in [1.807, 2.05) is 0 Å². The van der Waals surface area contributed by atoms with Crippen molar-refractivity contribution < 1.29 is 0 Å². The maximum atomic E-state index is 5.26. The molecule has 144 valence electrons. The molecule has 6 aromatic rings. The molecule has 6 rings (SSSR count). The first-order chi connectivity index (χ1) is 14.8. The molecule has 0 spiro atoms. The highest BCUT2D eigenvalue weighted by molar-refractivity contribution is 7.38. The summed E-state index contributed by atoms with van der Waals surface area (Å²) in [6, 6.07) is 32.3. The summed E-state index contributed by atoms with van der Waals surface area (Å²) in [5.41, 5.74) is 6.16. The van der Waals surface area contributed by atoms with Crippen LogP contribution in [0.1, 0.15) is 11.3 Å². The first-order valence-corrected chi connectivity index (χ1v) is 11.8. The molecule has 1 unspecified atom stereocenters. The van der Waals surface area contributed by atoms with Crippen LogP contribution in [0.5, 0.6) is 0 Å². The lowest BCUT2D eigenvalue weighted by molar-refractivity contribution is 1.12. The van der Waals surface area contributed by atoms with Crippen LogP contribution in [0.2, 0.25) is 0 Å². The molecule has 30 heavy (non-hydrogen) atoms. The Morgan fingerprint density at radius 3 is 2.37 bits per heavy atom. The predicted octanol–water partition coefficient (Wildman–Crippen LogP) is 7.41. The van der Waals surface area contributed by atoms with Gasteiger partial charge < -0.3 is 4.98 Å². The molecule has 2 nitrogen and oxygen atoms in total. The second-order valence-corrected chi connectivity index (χ2v) is 9.59. The van der Waals surface area contributed by atoms with E-state index in [2.05, 4.69) is 102 Å². The number of para-hydroxylation sites is 1. The van der Waals surface area contributed by atoms with Crippen molar-refractivity contribution in [2.45, 2.75) is 6.42 Å². The molecule has 4 aromatic carbocycles. The van der Waals surface area contributed by atoms with Crippen molar-refractivity contribution in [3.63, 3.8) is 0 Å². The van der Waals surface area contributed by atoms with Crippen LogP contribution in [0, 0.1) is 0 Å². The molecule has 0 fully saturated rings. The number of aromatic nitrogens is 2. The topological polar surface area (TPSA) is 28.7 Å². The molecular weight excluding hydrogens is 384 g/mol. The van der Waals surface area contributed by atoms with Crippen LogP contribution < -0.4 is 0 Å². The van der Waals surface area contributed by atoms with E-state index in [1.165, 1.54) is 48.2 Å². The van der Waals surface area contributed by atoms with Crippen molar-refractivity contribution in [2.24, 2.45) is 6.26 Å². The zero-order valence-corrected chi connectivity index (χ0v) is 17.5. The fourth-order valence-electron chi connectivity index (χ4n) is 4.46. The Kier molecular flexibility index (Phi) is 3.96. The van der Waals surface area contributed by atoms with Crippen LogP contribution in [0.15, 0.2) is 91.0 Å². The van der Waals surface area contributed by atoms with Gasteiger partial charge in [-0.05, 0) is 23.1 Å². The fraction of sp³-hybridized carbons (Fsp3) is 0.0741. The maximum absolute atomic E-state index is 5.26. The zero-order chi connectivity index (χ0) is 20.1. The Morgan fingerprint density at radius 2 is 1.50 bits per heavy atom. The summed E-state index contributed by atoms with van der Waals surface area (Å²) < 4.78 is 1.35. The van der Waals surface area contributed by atoms with Gasteiger partial charge in [0, 0.05) is 44.9 Å². The van der Waals surface area contributed by atoms with Gasteiger partial charge in [-0.15, -0.1) is 0 Å². The number of thiazole rings is 1. The van der Waals surface area contributed by atoms with Gasteiger partial charge in [-0.2, -0.15) is 4.98 Å². The molecule has 0 bridgehead atoms. The summed E-state index contributed by atoms with van der Waals surface area (Å²) in [7, 11) is -0.0653. The lowest BCUT2D eigenvalue weighted by atomic mass is 10.0. The van der Waals surface area contributed by atoms with Gasteiger partial charge in [0.1, 0.15) is 11.8 Å². The van der Waals surface area contributed by atoms with Gasteiger partial charge in [0.25, 0.3) is 5.01 Å². The van der Waals surface area contributed by atoms with Gasteiger partial charge in [-0.3, -0.25) is 0 Å². The lowest BCUT2D eigenvalue weighted by Gasteiger charge is -2.01. The molecule has 1 atom stereocenters. The molecule has 3 heteroatoms. The average Bonchev–Trinajstić information content (AvgIpc) is 3.31. The first kappa shape index (κ1) is 17.4. The van der Waals surface area contributed by atoms with Crippen molar-refractivity contribution in [2.75, 3.05) is 0 Å². The number of rotatable bonds is 3. The number of aromatic amines is 1. The van der Waals surface area contributed by atoms with Crippen molar-refractivity contribution in [3.8, 4) is 10.6 Å². The quantitative estimate of drug-likeness (QED) is 0.305. The van der Waals surface area contributed by atoms with Crippen molar-refractivity contribution in [1.82, 2.24) is 9.97 Å². The molecule has 2 heterocycles. The molecule has 0 radical (unpaired) electrons. The van der Waals surface area contributed by atoms with Crippen LogP contribution >= 0.6 is 10.5 Å². The third-order valence-corrected chi connectivity index (χ3v) is 7.78. The number of fused-ring (bicyclic) bond motifs is 4. The predicted molar refractivity (Wildman–Crippen MR) is 129 cm³/mol.